The van der Waals surface area contributed by atoms with Crippen LogP contribution in [0.1, 0.15) is 0 Å². The van der Waals surface area contributed by atoms with Crippen molar-refractivity contribution in [3.05, 3.63) is 406 Å². The summed E-state index contributed by atoms with van der Waals surface area (Å²) in [7, 11) is 0. The first-order valence-corrected chi connectivity index (χ1v) is 50.9. The topological polar surface area (TPSA) is 186 Å². The van der Waals surface area contributed by atoms with E-state index < -0.39 is 0 Å². The van der Waals surface area contributed by atoms with Gasteiger partial charge in [0, 0.05) is 148 Å². The summed E-state index contributed by atoms with van der Waals surface area (Å²) in [5, 5.41) is 16.6. The molecule has 30 rings (SSSR count). The molecule has 0 spiro atoms. The van der Waals surface area contributed by atoms with Crippen LogP contribution in [0.3, 0.4) is 0 Å². The van der Waals surface area contributed by atoms with Crippen LogP contribution in [0.5, 0.6) is 0 Å². The van der Waals surface area contributed by atoms with Gasteiger partial charge >= 0.3 is 0 Å². The maximum atomic E-state index is 6.42. The molecule has 0 atom stereocenters. The smallest absolute Gasteiger partial charge is 0.238 e. The molecular weight excluding hydrogens is 1850 g/mol. The van der Waals surface area contributed by atoms with Crippen LogP contribution in [-0.2, 0) is 0 Å². The molecule has 141 heavy (non-hydrogen) atoms. The molecule has 0 N–H and O–H groups in total. The van der Waals surface area contributed by atoms with Gasteiger partial charge in [0.25, 0.3) is 0 Å². The Balaban J connectivity index is 0.000000104. The number of hydrogen-bond donors (Lipinski definition) is 0. The summed E-state index contributed by atoms with van der Waals surface area (Å²) in [5.74, 6) is 5.55. The summed E-state index contributed by atoms with van der Waals surface area (Å²) in [4.78, 5) is 61.1. The Labute approximate surface area is 826 Å². The number of benzene rings is 18. The van der Waals surface area contributed by atoms with Crippen molar-refractivity contribution in [3.8, 4) is 129 Å². The van der Waals surface area contributed by atoms with E-state index in [2.05, 4.69) is 259 Å². The van der Waals surface area contributed by atoms with Gasteiger partial charge in [-0.2, -0.15) is 9.97 Å². The fourth-order valence-corrected chi connectivity index (χ4v) is 26.4. The lowest BCUT2D eigenvalue weighted by Crippen LogP contribution is -2.06. The van der Waals surface area contributed by atoms with E-state index in [0.29, 0.717) is 52.5 Å². The van der Waals surface area contributed by atoms with E-state index >= 15 is 0 Å². The second kappa shape index (κ2) is 33.9. The third-order valence-corrected chi connectivity index (χ3v) is 32.7. The number of thiazole rings is 3. The molecule has 12 heterocycles. The van der Waals surface area contributed by atoms with E-state index in [4.69, 9.17) is 68.6 Å². The van der Waals surface area contributed by atoms with E-state index in [-0.39, 0.29) is 0 Å². The molecule has 15 nitrogen and oxygen atoms in total. The highest BCUT2D eigenvalue weighted by atomic mass is 32.1. The van der Waals surface area contributed by atoms with Gasteiger partial charge in [-0.15, -0.1) is 68.0 Å². The lowest BCUT2D eigenvalue weighted by atomic mass is 10.0. The molecule has 0 bridgehead atoms. The maximum absolute atomic E-state index is 6.42. The average Bonchev–Trinajstić information content (AvgIpc) is 1.59. The molecule has 18 aromatic carbocycles. The largest absolute Gasteiger partial charge is 0.456 e. The zero-order chi connectivity index (χ0) is 92.7. The highest BCUT2D eigenvalue weighted by molar-refractivity contribution is 7.29. The molecule has 21 heteroatoms. The number of nitrogens with zero attached hydrogens (tertiary/aromatic N) is 13. The molecule has 0 saturated carbocycles. The predicted octanol–water partition coefficient (Wildman–Crippen LogP) is 33.8. The minimum atomic E-state index is 0.574. The molecule has 660 valence electrons. The second-order valence-corrected chi connectivity index (χ2v) is 40.6. The maximum Gasteiger partial charge on any atom is 0.238 e. The highest BCUT2D eigenvalue weighted by Gasteiger charge is 2.28. The van der Waals surface area contributed by atoms with E-state index in [1.807, 2.05) is 152 Å². The van der Waals surface area contributed by atoms with Crippen molar-refractivity contribution in [1.82, 2.24) is 64.4 Å². The number of thiophene rings is 3. The van der Waals surface area contributed by atoms with Gasteiger partial charge in [-0.1, -0.05) is 309 Å². The van der Waals surface area contributed by atoms with Crippen LogP contribution in [0.25, 0.3) is 286 Å². The molecule has 0 aliphatic rings. The van der Waals surface area contributed by atoms with Crippen LogP contribution in [0.4, 0.5) is 0 Å². The summed E-state index contributed by atoms with van der Waals surface area (Å²) in [6.07, 6.45) is 0. The second-order valence-electron chi connectivity index (χ2n) is 34.3. The minimum Gasteiger partial charge on any atom is -0.456 e. The Morgan fingerprint density at radius 2 is 0.489 bits per heavy atom. The number of aromatic nitrogens is 13. The van der Waals surface area contributed by atoms with E-state index in [0.717, 1.165) is 164 Å². The average molecular weight is 1920 g/mol. The Morgan fingerprint density at radius 1 is 0.184 bits per heavy atom. The molecule has 0 aliphatic heterocycles. The molecule has 0 aliphatic carbocycles. The first kappa shape index (κ1) is 82.0. The molecule has 0 fully saturated rings. The van der Waals surface area contributed by atoms with Crippen molar-refractivity contribution < 1.29 is 8.83 Å². The zero-order valence-corrected chi connectivity index (χ0v) is 79.2. The van der Waals surface area contributed by atoms with Gasteiger partial charge < -0.3 is 8.83 Å². The summed E-state index contributed by atoms with van der Waals surface area (Å²) < 4.78 is 25.6. The number of furan rings is 2. The minimum absolute atomic E-state index is 0.574. The first-order valence-electron chi connectivity index (χ1n) is 46.0. The van der Waals surface area contributed by atoms with E-state index in [1.165, 1.54) is 69.2 Å². The van der Waals surface area contributed by atoms with Crippen LogP contribution in [0, 0.1) is 0 Å². The Hall–Kier alpha value is -17.3. The third-order valence-electron chi connectivity index (χ3n) is 25.9. The number of rotatable bonds is 12. The fraction of sp³-hybridized carbons (Fsp3) is 0. The van der Waals surface area contributed by atoms with Gasteiger partial charge in [-0.25, -0.2) is 49.8 Å². The van der Waals surface area contributed by atoms with Crippen molar-refractivity contribution in [1.29, 1.82) is 0 Å². The molecule has 0 radical (unpaired) electrons. The summed E-state index contributed by atoms with van der Waals surface area (Å²) in [6.45, 7) is 0. The van der Waals surface area contributed by atoms with Crippen LogP contribution >= 0.6 is 68.0 Å². The van der Waals surface area contributed by atoms with Gasteiger partial charge in [0.2, 0.25) is 5.95 Å². The normalized spacial score (nSPS) is 11.8. The summed E-state index contributed by atoms with van der Waals surface area (Å²) in [6, 6.07) is 140. The molecule has 30 aromatic rings. The number of fused-ring (bicyclic) bond motifs is 21. The lowest BCUT2D eigenvalue weighted by molar-refractivity contribution is 0.669. The van der Waals surface area contributed by atoms with Crippen LogP contribution in [0.2, 0.25) is 0 Å². The fourth-order valence-electron chi connectivity index (χ4n) is 19.5. The number of hydrogen-bond acceptors (Lipinski definition) is 20. The quantitative estimate of drug-likeness (QED) is 0.112. The molecular formula is C120H67N13O2S6. The van der Waals surface area contributed by atoms with Crippen molar-refractivity contribution >= 4 is 225 Å². The first-order chi connectivity index (χ1) is 69.8. The Morgan fingerprint density at radius 3 is 0.943 bits per heavy atom. The van der Waals surface area contributed by atoms with E-state index in [9.17, 15) is 0 Å². The van der Waals surface area contributed by atoms with Crippen LogP contribution in [-0.4, -0.2) is 64.4 Å². The third kappa shape index (κ3) is 14.2. The summed E-state index contributed by atoms with van der Waals surface area (Å²) >= 11 is 10.6. The van der Waals surface area contributed by atoms with Gasteiger partial charge in [-0.3, -0.25) is 4.57 Å². The Kier molecular flexibility index (Phi) is 19.7. The van der Waals surface area contributed by atoms with Gasteiger partial charge in [0.05, 0.1) is 47.2 Å². The molecule has 0 amide bonds. The van der Waals surface area contributed by atoms with Crippen molar-refractivity contribution in [2.75, 3.05) is 0 Å². The number of para-hydroxylation sites is 8. The molecule has 0 saturated heterocycles. The predicted molar refractivity (Wildman–Crippen MR) is 586 cm³/mol. The monoisotopic (exact) mass is 1910 g/mol. The van der Waals surface area contributed by atoms with Crippen molar-refractivity contribution in [2.24, 2.45) is 0 Å². The lowest BCUT2D eigenvalue weighted by Gasteiger charge is -2.11. The van der Waals surface area contributed by atoms with E-state index in [1.54, 1.807) is 68.0 Å². The zero-order valence-electron chi connectivity index (χ0n) is 74.3. The Bertz CT molecular complexity index is 10100. The molecule has 0 unspecified atom stereocenters. The summed E-state index contributed by atoms with van der Waals surface area (Å²) in [5.41, 5.74) is 19.4. The SMILES string of the molecule is c1ccc(-c2nc(-c3ccc4c(c3)oc3ccccc34)nc(-c3cccc4sc5c(-c6nc7ccccc7s6)cccc5c34)n2)cc1.c1ccc(-c2nc(-c3cccc4c3oc3ccccc34)nc(-c3cccc4sc5c(-c6nc7ccccc7s6)cccc5c34)n2)cc1.c1ccc(-c2nc(-c3cccc4sc5c(-c6nc7ccccc7s6)cccc5c34)nc(-n3c4ccccc4c4ccccc43)n2)cc1. The van der Waals surface area contributed by atoms with Crippen molar-refractivity contribution in [2.45, 2.75) is 0 Å². The highest BCUT2D eigenvalue weighted by Crippen LogP contribution is 2.51. The van der Waals surface area contributed by atoms with Crippen LogP contribution < -0.4 is 0 Å². The van der Waals surface area contributed by atoms with Gasteiger partial charge in [0.15, 0.2) is 46.6 Å². The standard InChI is InChI=1S/C40H23N5S2.2C40H22N4OS2/c1-2-12-24(13-3-1)37-42-38(44-40(43-37)45-31-20-7-4-14-25(31)26-15-5-8-21-32(26)45)28-17-11-23-34-35(28)27-16-10-18-29(36(27)46-34)39-41-30-19-6-9-22-33(30)47-39;1-2-11-23(12-3-1)37-42-38(44-39(43-37)28-17-8-14-25-24-13-4-6-20-31(24)45-35(25)28)27-16-10-22-33-34(27)26-15-9-18-29(36(26)46-33)40-41-30-19-5-7-21-32(30)47-40;1-2-10-23(11-3-1)37-42-38(24-20-21-26-25-12-4-6-17-31(25)45-32(26)22-24)44-39(43-37)28-14-9-19-34-35(28)27-13-8-15-29(36(27)46-34)40-41-30-16-5-7-18-33(30)47-40/h1-23H;2*1-22H. The van der Waals surface area contributed by atoms with Gasteiger partial charge in [0.1, 0.15) is 37.4 Å². The molecule has 12 aromatic heterocycles. The van der Waals surface area contributed by atoms with Crippen LogP contribution in [0.15, 0.2) is 415 Å². The van der Waals surface area contributed by atoms with Gasteiger partial charge in [-0.05, 0) is 97.1 Å². The van der Waals surface area contributed by atoms with Crippen molar-refractivity contribution in [3.63, 3.8) is 0 Å².